The summed E-state index contributed by atoms with van der Waals surface area (Å²) in [6.07, 6.45) is 12.3. The molecule has 2 heterocycles. The minimum absolute atomic E-state index is 0.0233. The number of ether oxygens (including phenoxy) is 2. The van der Waals surface area contributed by atoms with Crippen molar-refractivity contribution in [2.75, 3.05) is 38.5 Å². The lowest BCUT2D eigenvalue weighted by atomic mass is 10.0. The van der Waals surface area contributed by atoms with Crippen LogP contribution in [0.25, 0.3) is 11.2 Å². The molecule has 15 heteroatoms. The summed E-state index contributed by atoms with van der Waals surface area (Å²) in [5, 5.41) is 0. The van der Waals surface area contributed by atoms with Gasteiger partial charge in [-0.2, -0.15) is 18.2 Å². The molecule has 2 aromatic rings. The summed E-state index contributed by atoms with van der Waals surface area (Å²) in [5.74, 6) is 0.114. The fourth-order valence-electron chi connectivity index (χ4n) is 4.64. The van der Waals surface area contributed by atoms with E-state index >= 15 is 0 Å². The molecular formula is C28H48BrF3N5O5P. The highest BCUT2D eigenvalue weighted by molar-refractivity contribution is 9.10. The van der Waals surface area contributed by atoms with Crippen LogP contribution in [0.15, 0.2) is 10.9 Å². The molecule has 0 aromatic carbocycles. The summed E-state index contributed by atoms with van der Waals surface area (Å²) in [7, 11) is -3.87. The highest BCUT2D eigenvalue weighted by atomic mass is 79.9. The zero-order chi connectivity index (χ0) is 31.4. The van der Waals surface area contributed by atoms with E-state index in [1.54, 1.807) is 10.9 Å². The summed E-state index contributed by atoms with van der Waals surface area (Å²) in [6, 6.07) is 0. The molecule has 2 aromatic heterocycles. The number of anilines is 1. The van der Waals surface area contributed by atoms with Crippen LogP contribution in [0.1, 0.15) is 103 Å². The van der Waals surface area contributed by atoms with Crippen molar-refractivity contribution in [3.8, 4) is 0 Å². The maximum absolute atomic E-state index is 12.2. The van der Waals surface area contributed by atoms with Crippen molar-refractivity contribution in [3.63, 3.8) is 0 Å². The minimum Gasteiger partial charge on any atom is -0.379 e. The van der Waals surface area contributed by atoms with Crippen molar-refractivity contribution in [1.29, 1.82) is 0 Å². The van der Waals surface area contributed by atoms with E-state index in [1.165, 1.54) is 51.4 Å². The van der Waals surface area contributed by atoms with E-state index < -0.39 is 26.5 Å². The van der Waals surface area contributed by atoms with Gasteiger partial charge in [-0.15, -0.1) is 0 Å². The fraction of sp³-hybridized carbons (Fsp3) is 0.821. The number of nitrogen functional groups attached to an aromatic ring is 1. The first-order valence-corrected chi connectivity index (χ1v) is 18.0. The molecule has 1 unspecified atom stereocenters. The second-order valence-corrected chi connectivity index (χ2v) is 13.3. The highest BCUT2D eigenvalue weighted by Gasteiger charge is 2.25. The van der Waals surface area contributed by atoms with Gasteiger partial charge < -0.3 is 29.2 Å². The lowest BCUT2D eigenvalue weighted by molar-refractivity contribution is -0.135. The van der Waals surface area contributed by atoms with Crippen molar-refractivity contribution >= 4 is 40.6 Å². The van der Waals surface area contributed by atoms with Crippen LogP contribution in [-0.4, -0.2) is 63.4 Å². The smallest absolute Gasteiger partial charge is 0.379 e. The van der Waals surface area contributed by atoms with E-state index in [9.17, 15) is 22.6 Å². The van der Waals surface area contributed by atoms with Crippen LogP contribution in [0.4, 0.5) is 19.1 Å². The lowest BCUT2D eigenvalue weighted by Gasteiger charge is -2.13. The van der Waals surface area contributed by atoms with Crippen molar-refractivity contribution in [1.82, 2.24) is 19.5 Å². The van der Waals surface area contributed by atoms with Gasteiger partial charge in [-0.05, 0) is 28.8 Å². The Morgan fingerprint density at radius 3 is 1.95 bits per heavy atom. The molecule has 0 bridgehead atoms. The van der Waals surface area contributed by atoms with Crippen LogP contribution in [0.2, 0.25) is 0 Å². The van der Waals surface area contributed by atoms with E-state index in [0.717, 1.165) is 32.1 Å². The quantitative estimate of drug-likeness (QED) is 0.0566. The Kier molecular flexibility index (Phi) is 18.9. The zero-order valence-electron chi connectivity index (χ0n) is 25.0. The van der Waals surface area contributed by atoms with Crippen LogP contribution in [-0.2, 0) is 25.1 Å². The molecule has 248 valence electrons. The zero-order valence-corrected chi connectivity index (χ0v) is 27.5. The second kappa shape index (κ2) is 21.4. The summed E-state index contributed by atoms with van der Waals surface area (Å²) in [4.78, 5) is 22.3. The fourth-order valence-corrected chi connectivity index (χ4v) is 5.89. The highest BCUT2D eigenvalue weighted by Crippen LogP contribution is 2.41. The Bertz CT molecular complexity index is 1080. The third-order valence-electron chi connectivity index (χ3n) is 6.94. The number of fused-ring (bicyclic) bond motifs is 1. The SMILES string of the molecule is Nc1nc(Br)c2ncn(CCOCP(=O)(O)OCCOCCCCCCCCCCCCCCCCCC(F)(F)F)c2n1. The van der Waals surface area contributed by atoms with Crippen LogP contribution >= 0.6 is 23.5 Å². The third kappa shape index (κ3) is 18.3. The van der Waals surface area contributed by atoms with Crippen molar-refractivity contribution in [2.24, 2.45) is 0 Å². The van der Waals surface area contributed by atoms with E-state index in [-0.39, 0.29) is 32.2 Å². The van der Waals surface area contributed by atoms with Crippen molar-refractivity contribution < 1.29 is 36.6 Å². The Labute approximate surface area is 261 Å². The molecule has 43 heavy (non-hydrogen) atoms. The second-order valence-electron chi connectivity index (χ2n) is 10.8. The van der Waals surface area contributed by atoms with Crippen molar-refractivity contribution in [3.05, 3.63) is 10.9 Å². The normalized spacial score (nSPS) is 13.6. The molecule has 0 aliphatic rings. The van der Waals surface area contributed by atoms with Crippen LogP contribution in [0.3, 0.4) is 0 Å². The van der Waals surface area contributed by atoms with Gasteiger partial charge in [-0.1, -0.05) is 83.5 Å². The molecule has 1 atom stereocenters. The van der Waals surface area contributed by atoms with E-state index in [0.29, 0.717) is 35.3 Å². The lowest BCUT2D eigenvalue weighted by Crippen LogP contribution is -2.10. The minimum atomic E-state index is -4.01. The first-order valence-electron chi connectivity index (χ1n) is 15.4. The number of hydrogen-bond donors (Lipinski definition) is 2. The molecule has 0 amide bonds. The molecular weight excluding hydrogens is 654 g/mol. The third-order valence-corrected chi connectivity index (χ3v) is 8.59. The molecule has 0 aliphatic carbocycles. The molecule has 0 spiro atoms. The maximum Gasteiger partial charge on any atom is 0.389 e. The van der Waals surface area contributed by atoms with Gasteiger partial charge in [0.05, 0.1) is 26.1 Å². The summed E-state index contributed by atoms with van der Waals surface area (Å²) in [5.41, 5.74) is 6.79. The number of rotatable bonds is 26. The molecule has 0 saturated carbocycles. The standard InChI is InChI=1S/C28H48BrF3N5O5P/c29-25-24-26(36-27(33)35-25)37(22-34-24)17-19-41-23-43(38,39)42-21-20-40-18-15-13-11-9-7-5-3-1-2-4-6-8-10-12-14-16-28(30,31)32/h22H,1-21,23H2,(H,38,39)(H2,33,35,36). The summed E-state index contributed by atoms with van der Waals surface area (Å²) >= 11 is 3.29. The molecule has 2 rings (SSSR count). The number of nitrogens with zero attached hydrogens (tertiary/aromatic N) is 4. The van der Waals surface area contributed by atoms with Gasteiger partial charge in [0.15, 0.2) is 5.65 Å². The van der Waals surface area contributed by atoms with Gasteiger partial charge in [-0.3, -0.25) is 4.57 Å². The molecule has 0 fully saturated rings. The van der Waals surface area contributed by atoms with Crippen LogP contribution in [0.5, 0.6) is 0 Å². The van der Waals surface area contributed by atoms with Gasteiger partial charge in [0.25, 0.3) is 0 Å². The monoisotopic (exact) mass is 701 g/mol. The van der Waals surface area contributed by atoms with Crippen molar-refractivity contribution in [2.45, 2.75) is 115 Å². The van der Waals surface area contributed by atoms with Gasteiger partial charge in [-0.25, -0.2) is 9.97 Å². The maximum atomic E-state index is 12.2. The Morgan fingerprint density at radius 2 is 1.37 bits per heavy atom. The van der Waals surface area contributed by atoms with Gasteiger partial charge in [0.2, 0.25) is 5.95 Å². The first-order chi connectivity index (χ1) is 20.6. The number of nitrogens with two attached hydrogens (primary N) is 1. The molecule has 0 radical (unpaired) electrons. The summed E-state index contributed by atoms with van der Waals surface area (Å²) < 4.78 is 66.6. The average molecular weight is 703 g/mol. The molecule has 0 saturated heterocycles. The first kappa shape index (κ1) is 37.9. The Hall–Kier alpha value is -1.31. The van der Waals surface area contributed by atoms with Gasteiger partial charge in [0, 0.05) is 19.6 Å². The molecule has 10 nitrogen and oxygen atoms in total. The van der Waals surface area contributed by atoms with Gasteiger partial charge >= 0.3 is 13.8 Å². The van der Waals surface area contributed by atoms with Gasteiger partial charge in [0.1, 0.15) is 16.5 Å². The predicted molar refractivity (Wildman–Crippen MR) is 165 cm³/mol. The van der Waals surface area contributed by atoms with Crippen LogP contribution in [0, 0.1) is 0 Å². The topological polar surface area (TPSA) is 135 Å². The number of hydrogen-bond acceptors (Lipinski definition) is 8. The largest absolute Gasteiger partial charge is 0.389 e. The number of alkyl halides is 3. The van der Waals surface area contributed by atoms with E-state index in [2.05, 4.69) is 30.9 Å². The molecule has 0 aliphatic heterocycles. The predicted octanol–water partition coefficient (Wildman–Crippen LogP) is 8.17. The Morgan fingerprint density at radius 1 is 0.814 bits per heavy atom. The number of aromatic nitrogens is 4. The number of halogens is 4. The van der Waals surface area contributed by atoms with Crippen LogP contribution < -0.4 is 5.73 Å². The summed E-state index contributed by atoms with van der Waals surface area (Å²) in [6.45, 7) is 1.40. The number of imidazole rings is 1. The number of unbranched alkanes of at least 4 members (excludes halogenated alkanes) is 14. The average Bonchev–Trinajstić information content (AvgIpc) is 3.34. The van der Waals surface area contributed by atoms with E-state index in [1.807, 2.05) is 0 Å². The molecule has 3 N–H and O–H groups in total. The Balaban J connectivity index is 1.32. The van der Waals surface area contributed by atoms with E-state index in [4.69, 9.17) is 19.7 Å².